The average molecular weight is 260 g/mol. The maximum Gasteiger partial charge on any atom is 0.224 e. The number of nitrogens with zero attached hydrogens (tertiary/aromatic N) is 1. The van der Waals surface area contributed by atoms with Gasteiger partial charge in [0.15, 0.2) is 0 Å². The molecule has 0 atom stereocenters. The lowest BCUT2D eigenvalue weighted by Crippen LogP contribution is -2.34. The van der Waals surface area contributed by atoms with Crippen molar-refractivity contribution in [2.45, 2.75) is 31.8 Å². The van der Waals surface area contributed by atoms with Gasteiger partial charge in [0, 0.05) is 31.1 Å². The number of rotatable bonds is 4. The van der Waals surface area contributed by atoms with Crippen LogP contribution in [0, 0.1) is 0 Å². The van der Waals surface area contributed by atoms with Crippen molar-refractivity contribution in [2.24, 2.45) is 0 Å². The Kier molecular flexibility index (Phi) is 3.69. The molecule has 1 aromatic rings. The van der Waals surface area contributed by atoms with E-state index in [2.05, 4.69) is 5.32 Å². The fourth-order valence-corrected chi connectivity index (χ4v) is 2.37. The molecule has 1 aromatic carbocycles. The smallest absolute Gasteiger partial charge is 0.224 e. The molecule has 19 heavy (non-hydrogen) atoms. The lowest BCUT2D eigenvalue weighted by Gasteiger charge is -2.19. The molecule has 2 aliphatic rings. The summed E-state index contributed by atoms with van der Waals surface area (Å²) in [5.74, 6) is 1.13. The van der Waals surface area contributed by atoms with E-state index >= 15 is 0 Å². The molecular formula is C15H20N2O2. The van der Waals surface area contributed by atoms with Crippen molar-refractivity contribution in [1.29, 1.82) is 0 Å². The summed E-state index contributed by atoms with van der Waals surface area (Å²) < 4.78 is 5.67. The van der Waals surface area contributed by atoms with Crippen molar-refractivity contribution in [3.05, 3.63) is 29.8 Å². The number of para-hydroxylation sites is 1. The molecule has 0 bridgehead atoms. The van der Waals surface area contributed by atoms with E-state index in [-0.39, 0.29) is 5.91 Å². The molecule has 1 aliphatic carbocycles. The first kappa shape index (κ1) is 12.5. The van der Waals surface area contributed by atoms with E-state index in [1.807, 2.05) is 29.2 Å². The van der Waals surface area contributed by atoms with E-state index in [0.717, 1.165) is 17.9 Å². The molecule has 0 aromatic heterocycles. The molecule has 1 aliphatic heterocycles. The Hall–Kier alpha value is -1.55. The summed E-state index contributed by atoms with van der Waals surface area (Å²) in [7, 11) is 0. The molecule has 0 unspecified atom stereocenters. The minimum Gasteiger partial charge on any atom is -0.491 e. The van der Waals surface area contributed by atoms with Gasteiger partial charge in [-0.25, -0.2) is 0 Å². The van der Waals surface area contributed by atoms with Gasteiger partial charge in [-0.3, -0.25) is 4.79 Å². The maximum absolute atomic E-state index is 12.2. The minimum atomic E-state index is 0.216. The van der Waals surface area contributed by atoms with Crippen LogP contribution in [0.3, 0.4) is 0 Å². The summed E-state index contributed by atoms with van der Waals surface area (Å²) in [6.07, 6.45) is 3.11. The van der Waals surface area contributed by atoms with Gasteiger partial charge in [-0.1, -0.05) is 18.2 Å². The van der Waals surface area contributed by atoms with Crippen LogP contribution in [0.25, 0.3) is 0 Å². The van der Waals surface area contributed by atoms with Crippen LogP contribution in [0.2, 0.25) is 0 Å². The zero-order valence-corrected chi connectivity index (χ0v) is 11.1. The van der Waals surface area contributed by atoms with Crippen LogP contribution in [0.1, 0.15) is 24.8 Å². The number of amides is 1. The van der Waals surface area contributed by atoms with E-state index in [1.165, 1.54) is 12.8 Å². The molecule has 1 saturated carbocycles. The number of hydrogen-bond acceptors (Lipinski definition) is 3. The predicted octanol–water partition coefficient (Wildman–Crippen LogP) is 1.55. The monoisotopic (exact) mass is 260 g/mol. The second kappa shape index (κ2) is 5.61. The first-order chi connectivity index (χ1) is 9.33. The Bertz CT molecular complexity index is 457. The van der Waals surface area contributed by atoms with E-state index in [1.54, 1.807) is 0 Å². The number of carbonyl (C=O) groups excluding carboxylic acids is 1. The van der Waals surface area contributed by atoms with Crippen LogP contribution in [-0.2, 0) is 11.3 Å². The number of hydrogen-bond donors (Lipinski definition) is 1. The van der Waals surface area contributed by atoms with E-state index in [4.69, 9.17) is 4.74 Å². The number of nitrogens with one attached hydrogen (secondary N) is 1. The van der Waals surface area contributed by atoms with Gasteiger partial charge in [0.1, 0.15) is 12.4 Å². The van der Waals surface area contributed by atoms with E-state index in [0.29, 0.717) is 32.2 Å². The largest absolute Gasteiger partial charge is 0.491 e. The fourth-order valence-electron chi connectivity index (χ4n) is 2.37. The lowest BCUT2D eigenvalue weighted by molar-refractivity contribution is -0.131. The summed E-state index contributed by atoms with van der Waals surface area (Å²) in [4.78, 5) is 14.1. The summed E-state index contributed by atoms with van der Waals surface area (Å²) in [5, 5.41) is 3.38. The maximum atomic E-state index is 12.2. The van der Waals surface area contributed by atoms with Crippen LogP contribution >= 0.6 is 0 Å². The van der Waals surface area contributed by atoms with Crippen molar-refractivity contribution in [1.82, 2.24) is 10.2 Å². The standard InChI is InChI=1S/C15H20N2O2/c18-15(7-8-16-13-5-6-13)17-9-10-19-14-4-2-1-3-12(14)11-17/h1-4,13,16H,5-11H2. The number of carbonyl (C=O) groups is 1. The van der Waals surface area contributed by atoms with Crippen LogP contribution in [0.15, 0.2) is 24.3 Å². The molecule has 1 fully saturated rings. The second-order valence-corrected chi connectivity index (χ2v) is 5.25. The zero-order valence-electron chi connectivity index (χ0n) is 11.1. The summed E-state index contributed by atoms with van der Waals surface area (Å²) in [5.41, 5.74) is 1.10. The molecule has 0 saturated heterocycles. The topological polar surface area (TPSA) is 41.6 Å². The Morgan fingerprint density at radius 2 is 2.21 bits per heavy atom. The van der Waals surface area contributed by atoms with Gasteiger partial charge in [0.2, 0.25) is 5.91 Å². The SMILES string of the molecule is O=C(CCNC1CC1)N1CCOc2ccccc2C1. The number of benzene rings is 1. The van der Waals surface area contributed by atoms with Gasteiger partial charge < -0.3 is 15.0 Å². The van der Waals surface area contributed by atoms with Gasteiger partial charge >= 0.3 is 0 Å². The third-order valence-corrected chi connectivity index (χ3v) is 3.65. The van der Waals surface area contributed by atoms with Gasteiger partial charge in [-0.15, -0.1) is 0 Å². The van der Waals surface area contributed by atoms with Crippen molar-refractivity contribution >= 4 is 5.91 Å². The highest BCUT2D eigenvalue weighted by Gasteiger charge is 2.22. The van der Waals surface area contributed by atoms with Crippen LogP contribution < -0.4 is 10.1 Å². The Morgan fingerprint density at radius 3 is 3.05 bits per heavy atom. The van der Waals surface area contributed by atoms with E-state index in [9.17, 15) is 4.79 Å². The van der Waals surface area contributed by atoms with Crippen molar-refractivity contribution in [3.8, 4) is 5.75 Å². The lowest BCUT2D eigenvalue weighted by atomic mass is 10.2. The molecule has 0 spiro atoms. The van der Waals surface area contributed by atoms with Crippen molar-refractivity contribution in [3.63, 3.8) is 0 Å². The molecule has 1 amide bonds. The van der Waals surface area contributed by atoms with Crippen LogP contribution in [-0.4, -0.2) is 36.5 Å². The normalized spacial score (nSPS) is 18.4. The summed E-state index contributed by atoms with van der Waals surface area (Å²) >= 11 is 0. The molecule has 0 radical (unpaired) electrons. The molecular weight excluding hydrogens is 240 g/mol. The van der Waals surface area contributed by atoms with Gasteiger partial charge in [0.05, 0.1) is 6.54 Å². The third-order valence-electron chi connectivity index (χ3n) is 3.65. The summed E-state index contributed by atoms with van der Waals surface area (Å²) in [6.45, 7) is 2.72. The Morgan fingerprint density at radius 1 is 1.37 bits per heavy atom. The fraction of sp³-hybridized carbons (Fsp3) is 0.533. The molecule has 1 heterocycles. The zero-order chi connectivity index (χ0) is 13.1. The van der Waals surface area contributed by atoms with Gasteiger partial charge in [0.25, 0.3) is 0 Å². The molecule has 102 valence electrons. The highest BCUT2D eigenvalue weighted by atomic mass is 16.5. The average Bonchev–Trinajstić information content (AvgIpc) is 3.23. The number of ether oxygens (including phenoxy) is 1. The number of fused-ring (bicyclic) bond motifs is 1. The van der Waals surface area contributed by atoms with Gasteiger partial charge in [-0.05, 0) is 18.9 Å². The van der Waals surface area contributed by atoms with E-state index < -0.39 is 0 Å². The van der Waals surface area contributed by atoms with Crippen LogP contribution in [0.5, 0.6) is 5.75 Å². The first-order valence-electron chi connectivity index (χ1n) is 7.05. The third kappa shape index (κ3) is 3.26. The van der Waals surface area contributed by atoms with Crippen molar-refractivity contribution < 1.29 is 9.53 Å². The molecule has 1 N–H and O–H groups in total. The second-order valence-electron chi connectivity index (χ2n) is 5.25. The van der Waals surface area contributed by atoms with Gasteiger partial charge in [-0.2, -0.15) is 0 Å². The predicted molar refractivity (Wildman–Crippen MR) is 73.0 cm³/mol. The first-order valence-corrected chi connectivity index (χ1v) is 7.05. The quantitative estimate of drug-likeness (QED) is 0.893. The van der Waals surface area contributed by atoms with Crippen LogP contribution in [0.4, 0.5) is 0 Å². The molecule has 4 heteroatoms. The Balaban J connectivity index is 1.56. The molecule has 4 nitrogen and oxygen atoms in total. The molecule has 3 rings (SSSR count). The Labute approximate surface area is 113 Å². The highest BCUT2D eigenvalue weighted by Crippen LogP contribution is 2.22. The van der Waals surface area contributed by atoms with Crippen molar-refractivity contribution in [2.75, 3.05) is 19.7 Å². The minimum absolute atomic E-state index is 0.216. The highest BCUT2D eigenvalue weighted by molar-refractivity contribution is 5.76. The summed E-state index contributed by atoms with van der Waals surface area (Å²) in [6, 6.07) is 8.63.